The molecule has 0 radical (unpaired) electrons. The first-order chi connectivity index (χ1) is 9.91. The van der Waals surface area contributed by atoms with Gasteiger partial charge < -0.3 is 10.5 Å². The minimum Gasteiger partial charge on any atom is -0.488 e. The Kier molecular flexibility index (Phi) is 5.13. The Bertz CT molecular complexity index is 712. The molecule has 0 aliphatic heterocycles. The number of thiocarbonyl (C=S) groups is 1. The van der Waals surface area contributed by atoms with Crippen LogP contribution in [0.1, 0.15) is 11.1 Å². The van der Waals surface area contributed by atoms with Gasteiger partial charge in [-0.2, -0.15) is 0 Å². The molecular formula is C14H9BrClF2NOS. The van der Waals surface area contributed by atoms with Crippen molar-refractivity contribution >= 4 is 44.7 Å². The second-order valence-electron chi connectivity index (χ2n) is 4.09. The van der Waals surface area contributed by atoms with E-state index in [1.165, 1.54) is 6.07 Å². The van der Waals surface area contributed by atoms with Gasteiger partial charge in [0.25, 0.3) is 0 Å². The summed E-state index contributed by atoms with van der Waals surface area (Å²) in [6, 6.07) is 7.25. The molecule has 0 bridgehead atoms. The van der Waals surface area contributed by atoms with Gasteiger partial charge in [-0.15, -0.1) is 0 Å². The van der Waals surface area contributed by atoms with Crippen molar-refractivity contribution in [2.45, 2.75) is 6.61 Å². The molecule has 0 aromatic heterocycles. The molecule has 2 aromatic carbocycles. The molecule has 110 valence electrons. The second-order valence-corrected chi connectivity index (χ2v) is 5.79. The molecule has 7 heteroatoms. The largest absolute Gasteiger partial charge is 0.488 e. The second kappa shape index (κ2) is 6.68. The third kappa shape index (κ3) is 3.51. The molecule has 0 saturated heterocycles. The Morgan fingerprint density at radius 3 is 2.67 bits per heavy atom. The molecule has 0 saturated carbocycles. The number of benzene rings is 2. The molecule has 0 spiro atoms. The summed E-state index contributed by atoms with van der Waals surface area (Å²) in [7, 11) is 0. The molecule has 0 fully saturated rings. The standard InChI is InChI=1S/C14H9BrClF2NOS/c15-8-4-5-10(17)7(13(8)18)6-20-11-3-1-2-9(16)12(11)14(19)21/h1-5H,6H2,(H2,19,21). The SMILES string of the molecule is NC(=S)c1c(Cl)cccc1OCc1c(F)ccc(Br)c1F. The van der Waals surface area contributed by atoms with Crippen LogP contribution in [0.25, 0.3) is 0 Å². The van der Waals surface area contributed by atoms with E-state index >= 15 is 0 Å². The van der Waals surface area contributed by atoms with Gasteiger partial charge in [0.05, 0.1) is 20.6 Å². The molecule has 21 heavy (non-hydrogen) atoms. The van der Waals surface area contributed by atoms with Gasteiger partial charge in [0.2, 0.25) is 0 Å². The summed E-state index contributed by atoms with van der Waals surface area (Å²) < 4.78 is 33.1. The average Bonchev–Trinajstić information content (AvgIpc) is 2.42. The van der Waals surface area contributed by atoms with Crippen LogP contribution in [0, 0.1) is 11.6 Å². The smallest absolute Gasteiger partial charge is 0.146 e. The van der Waals surface area contributed by atoms with E-state index in [1.54, 1.807) is 18.2 Å². The van der Waals surface area contributed by atoms with E-state index < -0.39 is 11.6 Å². The summed E-state index contributed by atoms with van der Waals surface area (Å²) in [5.74, 6) is -1.14. The molecule has 0 unspecified atom stereocenters. The molecule has 0 aliphatic carbocycles. The van der Waals surface area contributed by atoms with E-state index in [-0.39, 0.29) is 27.4 Å². The normalized spacial score (nSPS) is 10.5. The number of halogens is 4. The minimum absolute atomic E-state index is 0.0470. The van der Waals surface area contributed by atoms with Crippen molar-refractivity contribution in [3.8, 4) is 5.75 Å². The maximum Gasteiger partial charge on any atom is 0.146 e. The van der Waals surface area contributed by atoms with Gasteiger partial charge >= 0.3 is 0 Å². The van der Waals surface area contributed by atoms with Crippen molar-refractivity contribution < 1.29 is 13.5 Å². The molecule has 0 heterocycles. The highest BCUT2D eigenvalue weighted by atomic mass is 79.9. The third-order valence-electron chi connectivity index (χ3n) is 2.73. The van der Waals surface area contributed by atoms with Crippen LogP contribution in [0.3, 0.4) is 0 Å². The first-order valence-corrected chi connectivity index (χ1v) is 7.33. The van der Waals surface area contributed by atoms with Gasteiger partial charge in [0, 0.05) is 0 Å². The van der Waals surface area contributed by atoms with Crippen LogP contribution >= 0.6 is 39.7 Å². The van der Waals surface area contributed by atoms with Crippen LogP contribution in [-0.2, 0) is 6.61 Å². The first-order valence-electron chi connectivity index (χ1n) is 5.75. The van der Waals surface area contributed by atoms with Gasteiger partial charge in [-0.1, -0.05) is 29.9 Å². The molecule has 2 N–H and O–H groups in total. The Labute approximate surface area is 139 Å². The van der Waals surface area contributed by atoms with Crippen molar-refractivity contribution in [1.29, 1.82) is 0 Å². The van der Waals surface area contributed by atoms with Gasteiger partial charge in [0.15, 0.2) is 0 Å². The number of rotatable bonds is 4. The summed E-state index contributed by atoms with van der Waals surface area (Å²) in [4.78, 5) is 0.0470. The number of ether oxygens (including phenoxy) is 1. The summed E-state index contributed by atoms with van der Waals surface area (Å²) in [6.07, 6.45) is 0. The fourth-order valence-corrected chi connectivity index (χ4v) is 2.62. The van der Waals surface area contributed by atoms with Crippen LogP contribution in [0.4, 0.5) is 8.78 Å². The van der Waals surface area contributed by atoms with Crippen molar-refractivity contribution in [3.63, 3.8) is 0 Å². The fraction of sp³-hybridized carbons (Fsp3) is 0.0714. The Balaban J connectivity index is 2.32. The molecular weight excluding hydrogens is 384 g/mol. The van der Waals surface area contributed by atoms with Gasteiger partial charge in [-0.05, 0) is 40.2 Å². The number of hydrogen-bond acceptors (Lipinski definition) is 2. The Morgan fingerprint density at radius 1 is 1.29 bits per heavy atom. The average molecular weight is 393 g/mol. The maximum atomic E-state index is 13.9. The molecule has 0 atom stereocenters. The van der Waals surface area contributed by atoms with E-state index in [2.05, 4.69) is 15.9 Å². The summed E-state index contributed by atoms with van der Waals surface area (Å²) in [6.45, 7) is -0.312. The van der Waals surface area contributed by atoms with Crippen molar-refractivity contribution in [3.05, 3.63) is 62.6 Å². The lowest BCUT2D eigenvalue weighted by molar-refractivity contribution is 0.292. The zero-order chi connectivity index (χ0) is 15.6. The minimum atomic E-state index is -0.714. The number of nitrogens with two attached hydrogens (primary N) is 1. The quantitative estimate of drug-likeness (QED) is 0.610. The predicted molar refractivity (Wildman–Crippen MR) is 85.7 cm³/mol. The highest BCUT2D eigenvalue weighted by molar-refractivity contribution is 9.10. The zero-order valence-corrected chi connectivity index (χ0v) is 13.7. The highest BCUT2D eigenvalue weighted by Gasteiger charge is 2.15. The van der Waals surface area contributed by atoms with E-state index in [1.807, 2.05) is 0 Å². The topological polar surface area (TPSA) is 35.2 Å². The lowest BCUT2D eigenvalue weighted by Crippen LogP contribution is -2.13. The van der Waals surface area contributed by atoms with Crippen LogP contribution in [0.2, 0.25) is 5.02 Å². The molecule has 2 aromatic rings. The van der Waals surface area contributed by atoms with E-state index in [0.29, 0.717) is 10.6 Å². The zero-order valence-electron chi connectivity index (χ0n) is 10.5. The predicted octanol–water partition coefficient (Wildman–Crippen LogP) is 4.59. The Morgan fingerprint density at radius 2 is 2.00 bits per heavy atom. The lowest BCUT2D eigenvalue weighted by Gasteiger charge is -2.13. The summed E-state index contributed by atoms with van der Waals surface area (Å²) in [5, 5.41) is 0.315. The monoisotopic (exact) mass is 391 g/mol. The first kappa shape index (κ1) is 16.1. The Hall–Kier alpha value is -1.24. The van der Waals surface area contributed by atoms with Gasteiger partial charge in [-0.25, -0.2) is 8.78 Å². The number of hydrogen-bond donors (Lipinski definition) is 1. The summed E-state index contributed by atoms with van der Waals surface area (Å²) >= 11 is 13.9. The third-order valence-corrected chi connectivity index (χ3v) is 3.86. The van der Waals surface area contributed by atoms with E-state index in [0.717, 1.165) is 6.07 Å². The van der Waals surface area contributed by atoms with Crippen molar-refractivity contribution in [1.82, 2.24) is 0 Å². The molecule has 2 nitrogen and oxygen atoms in total. The lowest BCUT2D eigenvalue weighted by atomic mass is 10.2. The van der Waals surface area contributed by atoms with Crippen LogP contribution < -0.4 is 10.5 Å². The van der Waals surface area contributed by atoms with Crippen molar-refractivity contribution in [2.75, 3.05) is 0 Å². The molecule has 0 aliphatic rings. The van der Waals surface area contributed by atoms with E-state index in [9.17, 15) is 8.78 Å². The van der Waals surface area contributed by atoms with Crippen molar-refractivity contribution in [2.24, 2.45) is 5.73 Å². The van der Waals surface area contributed by atoms with Crippen LogP contribution in [0.15, 0.2) is 34.8 Å². The fourth-order valence-electron chi connectivity index (χ4n) is 1.72. The van der Waals surface area contributed by atoms with Crippen LogP contribution in [-0.4, -0.2) is 4.99 Å². The van der Waals surface area contributed by atoms with Gasteiger partial charge in [-0.3, -0.25) is 0 Å². The summed E-state index contributed by atoms with van der Waals surface area (Å²) in [5.41, 5.74) is 5.72. The van der Waals surface area contributed by atoms with E-state index in [4.69, 9.17) is 34.3 Å². The maximum absolute atomic E-state index is 13.9. The molecule has 2 rings (SSSR count). The highest BCUT2D eigenvalue weighted by Crippen LogP contribution is 2.28. The van der Waals surface area contributed by atoms with Crippen LogP contribution in [0.5, 0.6) is 5.75 Å². The van der Waals surface area contributed by atoms with Gasteiger partial charge in [0.1, 0.15) is 29.0 Å². The molecule has 0 amide bonds.